The minimum Gasteiger partial charge on any atom is -0.353 e. The van der Waals surface area contributed by atoms with Gasteiger partial charge in [-0.15, -0.1) is 0 Å². The maximum absolute atomic E-state index is 11.2. The lowest BCUT2D eigenvalue weighted by Crippen LogP contribution is -2.24. The van der Waals surface area contributed by atoms with E-state index in [0.717, 1.165) is 19.0 Å². The summed E-state index contributed by atoms with van der Waals surface area (Å²) in [7, 11) is -0.120. The van der Waals surface area contributed by atoms with Crippen molar-refractivity contribution in [2.45, 2.75) is 52.0 Å². The molecule has 0 heterocycles. The molecule has 0 atom stereocenters. The Kier molecular flexibility index (Phi) is 12.0. The minimum atomic E-state index is -0.120. The van der Waals surface area contributed by atoms with E-state index < -0.39 is 0 Å². The first-order valence-corrected chi connectivity index (χ1v) is 9.28. The van der Waals surface area contributed by atoms with Crippen molar-refractivity contribution in [2.75, 3.05) is 19.8 Å². The van der Waals surface area contributed by atoms with Crippen LogP contribution in [0.2, 0.25) is 12.1 Å². The van der Waals surface area contributed by atoms with E-state index in [1.165, 1.54) is 12.5 Å². The average molecular weight is 287 g/mol. The molecule has 0 saturated carbocycles. The second kappa shape index (κ2) is 12.4. The first-order valence-electron chi connectivity index (χ1n) is 7.28. The molecule has 0 saturated heterocycles. The van der Waals surface area contributed by atoms with Gasteiger partial charge in [0.25, 0.3) is 0 Å². The average Bonchev–Trinajstić information content (AvgIpc) is 2.37. The third kappa shape index (κ3) is 10.9. The highest BCUT2D eigenvalue weighted by Gasteiger charge is 2.07. The number of nitrogens with one attached hydrogen (secondary N) is 1. The Labute approximate surface area is 119 Å². The van der Waals surface area contributed by atoms with E-state index >= 15 is 0 Å². The van der Waals surface area contributed by atoms with Crippen LogP contribution in [-0.4, -0.2) is 41.5 Å². The van der Waals surface area contributed by atoms with E-state index in [2.05, 4.69) is 11.9 Å². The summed E-state index contributed by atoms with van der Waals surface area (Å²) >= 11 is 0. The molecule has 0 aromatic rings. The second-order valence-electron chi connectivity index (χ2n) is 4.58. The molecule has 19 heavy (non-hydrogen) atoms. The molecule has 0 aromatic heterocycles. The van der Waals surface area contributed by atoms with Gasteiger partial charge >= 0.3 is 0 Å². The van der Waals surface area contributed by atoms with Gasteiger partial charge in [0.05, 0.1) is 0 Å². The van der Waals surface area contributed by atoms with Gasteiger partial charge in [-0.2, -0.15) is 0 Å². The maximum Gasteiger partial charge on any atom is 0.246 e. The fourth-order valence-corrected chi connectivity index (χ4v) is 3.39. The summed E-state index contributed by atoms with van der Waals surface area (Å²) in [5, 5.41) is 2.85. The first-order chi connectivity index (χ1) is 9.11. The number of hydrogen-bond acceptors (Lipinski definition) is 3. The smallest absolute Gasteiger partial charge is 0.246 e. The van der Waals surface area contributed by atoms with E-state index in [4.69, 9.17) is 9.47 Å². The van der Waals surface area contributed by atoms with Gasteiger partial charge < -0.3 is 14.8 Å². The molecule has 0 spiro atoms. The summed E-state index contributed by atoms with van der Waals surface area (Å²) in [5.74, 6) is -0.0370. The molecule has 0 aliphatic heterocycles. The molecule has 1 amide bonds. The van der Waals surface area contributed by atoms with Crippen LogP contribution in [0.3, 0.4) is 0 Å². The van der Waals surface area contributed by atoms with Crippen LogP contribution in [0.5, 0.6) is 0 Å². The standard InChI is InChI=1S/C14H29NO3Si/c1-5-17-13(18-6-2)11-19-10-8-7-9-15-14(16)12(3)4/h13H,3,5-11,19H2,1-2,4H3,(H,15,16). The van der Waals surface area contributed by atoms with E-state index in [0.29, 0.717) is 18.8 Å². The van der Waals surface area contributed by atoms with Gasteiger partial charge in [0, 0.05) is 34.9 Å². The predicted octanol–water partition coefficient (Wildman–Crippen LogP) is 1.86. The van der Waals surface area contributed by atoms with E-state index in [9.17, 15) is 4.79 Å². The molecule has 112 valence electrons. The Hall–Kier alpha value is -0.653. The normalized spacial score (nSPS) is 11.4. The zero-order chi connectivity index (χ0) is 14.5. The molecule has 5 heteroatoms. The van der Waals surface area contributed by atoms with Crippen molar-refractivity contribution in [1.82, 2.24) is 5.32 Å². The number of carbonyl (C=O) groups is 1. The third-order valence-corrected chi connectivity index (χ3v) is 4.62. The summed E-state index contributed by atoms with van der Waals surface area (Å²) < 4.78 is 11.0. The Morgan fingerprint density at radius 3 is 2.42 bits per heavy atom. The van der Waals surface area contributed by atoms with Gasteiger partial charge in [-0.25, -0.2) is 0 Å². The molecular formula is C14H29NO3Si. The van der Waals surface area contributed by atoms with Crippen LogP contribution in [0.4, 0.5) is 0 Å². The van der Waals surface area contributed by atoms with Crippen molar-refractivity contribution < 1.29 is 14.3 Å². The van der Waals surface area contributed by atoms with Crippen LogP contribution in [0.15, 0.2) is 12.2 Å². The molecule has 0 unspecified atom stereocenters. The summed E-state index contributed by atoms with van der Waals surface area (Å²) in [4.78, 5) is 11.2. The topological polar surface area (TPSA) is 47.6 Å². The van der Waals surface area contributed by atoms with Crippen molar-refractivity contribution in [3.63, 3.8) is 0 Å². The molecule has 0 fully saturated rings. The van der Waals surface area contributed by atoms with Crippen LogP contribution in [-0.2, 0) is 14.3 Å². The number of rotatable bonds is 12. The SMILES string of the molecule is C=C(C)C(=O)NCCCC[SiH2]CC(OCC)OCC. The number of unbranched alkanes of at least 4 members (excludes halogenated alkanes) is 1. The quantitative estimate of drug-likeness (QED) is 0.258. The Morgan fingerprint density at radius 2 is 1.89 bits per heavy atom. The molecule has 0 aromatic carbocycles. The van der Waals surface area contributed by atoms with Crippen LogP contribution in [0.25, 0.3) is 0 Å². The molecular weight excluding hydrogens is 258 g/mol. The highest BCUT2D eigenvalue weighted by Crippen LogP contribution is 2.05. The van der Waals surface area contributed by atoms with E-state index in [-0.39, 0.29) is 21.7 Å². The zero-order valence-corrected chi connectivity index (χ0v) is 14.1. The third-order valence-electron chi connectivity index (χ3n) is 2.74. The monoisotopic (exact) mass is 287 g/mol. The van der Waals surface area contributed by atoms with Crippen molar-refractivity contribution in [1.29, 1.82) is 0 Å². The number of carbonyl (C=O) groups excluding carboxylic acids is 1. The summed E-state index contributed by atoms with van der Waals surface area (Å²) in [6.45, 7) is 11.5. The lowest BCUT2D eigenvalue weighted by Gasteiger charge is -2.16. The van der Waals surface area contributed by atoms with Crippen LogP contribution >= 0.6 is 0 Å². The number of hydrogen-bond donors (Lipinski definition) is 1. The number of ether oxygens (including phenoxy) is 2. The van der Waals surface area contributed by atoms with Crippen LogP contribution in [0, 0.1) is 0 Å². The molecule has 0 bridgehead atoms. The van der Waals surface area contributed by atoms with Gasteiger partial charge in [0.15, 0.2) is 6.29 Å². The van der Waals surface area contributed by atoms with Crippen LogP contribution < -0.4 is 5.32 Å². The fraction of sp³-hybridized carbons (Fsp3) is 0.786. The van der Waals surface area contributed by atoms with Crippen molar-refractivity contribution in [3.05, 3.63) is 12.2 Å². The lowest BCUT2D eigenvalue weighted by molar-refractivity contribution is -0.123. The Balaban J connectivity index is 3.43. The Bertz CT molecular complexity index is 253. The van der Waals surface area contributed by atoms with Gasteiger partial charge in [0.2, 0.25) is 5.91 Å². The molecule has 1 N–H and O–H groups in total. The van der Waals surface area contributed by atoms with Crippen molar-refractivity contribution in [3.8, 4) is 0 Å². The fourth-order valence-electron chi connectivity index (χ4n) is 1.73. The summed E-state index contributed by atoms with van der Waals surface area (Å²) in [6, 6.07) is 2.36. The first kappa shape index (κ1) is 18.3. The second-order valence-corrected chi connectivity index (χ2v) is 6.57. The largest absolute Gasteiger partial charge is 0.353 e. The lowest BCUT2D eigenvalue weighted by atomic mass is 10.3. The van der Waals surface area contributed by atoms with E-state index in [1.54, 1.807) is 6.92 Å². The van der Waals surface area contributed by atoms with Gasteiger partial charge in [0.1, 0.15) is 0 Å². The summed E-state index contributed by atoms with van der Waals surface area (Å²) in [5.41, 5.74) is 0.575. The zero-order valence-electron chi connectivity index (χ0n) is 12.7. The molecule has 0 aliphatic carbocycles. The maximum atomic E-state index is 11.2. The van der Waals surface area contributed by atoms with Gasteiger partial charge in [-0.05, 0) is 33.2 Å². The van der Waals surface area contributed by atoms with Gasteiger partial charge in [-0.1, -0.05) is 19.0 Å². The van der Waals surface area contributed by atoms with Gasteiger partial charge in [-0.3, -0.25) is 4.79 Å². The minimum absolute atomic E-state index is 0.00443. The van der Waals surface area contributed by atoms with E-state index in [1.807, 2.05) is 13.8 Å². The highest BCUT2D eigenvalue weighted by atomic mass is 28.2. The van der Waals surface area contributed by atoms with Crippen molar-refractivity contribution >= 4 is 15.4 Å². The van der Waals surface area contributed by atoms with Crippen LogP contribution in [0.1, 0.15) is 33.6 Å². The predicted molar refractivity (Wildman–Crippen MR) is 82.3 cm³/mol. The molecule has 4 nitrogen and oxygen atoms in total. The highest BCUT2D eigenvalue weighted by molar-refractivity contribution is 6.35. The molecule has 0 rings (SSSR count). The summed E-state index contributed by atoms with van der Waals surface area (Å²) in [6.07, 6.45) is 2.22. The molecule has 0 radical (unpaired) electrons. The Morgan fingerprint density at radius 1 is 1.26 bits per heavy atom. The molecule has 0 aliphatic rings. The van der Waals surface area contributed by atoms with Crippen molar-refractivity contribution in [2.24, 2.45) is 0 Å². The number of amides is 1.